The van der Waals surface area contributed by atoms with E-state index in [9.17, 15) is 4.79 Å². The number of aromatic nitrogens is 1. The molecule has 1 saturated heterocycles. The van der Waals surface area contributed by atoms with Crippen molar-refractivity contribution in [2.45, 2.75) is 13.0 Å². The first-order valence-electron chi connectivity index (χ1n) is 5.90. The number of aliphatic carboxylic acids is 1. The van der Waals surface area contributed by atoms with E-state index in [4.69, 9.17) is 5.11 Å². The monoisotopic (exact) mass is 381 g/mol. The third-order valence-electron chi connectivity index (χ3n) is 2.92. The van der Waals surface area contributed by atoms with Crippen LogP contribution in [0.1, 0.15) is 11.4 Å². The van der Waals surface area contributed by atoms with E-state index in [1.54, 1.807) is 11.3 Å². The topological polar surface area (TPSA) is 56.7 Å². The van der Waals surface area contributed by atoms with Crippen LogP contribution in [0.5, 0.6) is 0 Å². The molecular weight excluding hydrogens is 365 g/mol. The Bertz CT molecular complexity index is 413. The van der Waals surface area contributed by atoms with Crippen LogP contribution in [-0.2, 0) is 11.3 Å². The van der Waals surface area contributed by atoms with Gasteiger partial charge in [0.25, 0.3) is 0 Å². The Balaban J connectivity index is 1.83. The van der Waals surface area contributed by atoms with Gasteiger partial charge in [-0.2, -0.15) is 0 Å². The molecule has 1 aromatic rings. The molecular formula is C11H16IN3O2S. The van der Waals surface area contributed by atoms with Crippen molar-refractivity contribution < 1.29 is 9.90 Å². The van der Waals surface area contributed by atoms with Gasteiger partial charge in [0.1, 0.15) is 5.01 Å². The molecule has 2 heterocycles. The van der Waals surface area contributed by atoms with Crippen LogP contribution in [-0.4, -0.2) is 58.6 Å². The number of carboxylic acids is 1. The van der Waals surface area contributed by atoms with Crippen molar-refractivity contribution >= 4 is 39.9 Å². The quantitative estimate of drug-likeness (QED) is 0.798. The maximum Gasteiger partial charge on any atom is 0.317 e. The highest BCUT2D eigenvalue weighted by molar-refractivity contribution is 14.1. The lowest BCUT2D eigenvalue weighted by atomic mass is 10.4. The third kappa shape index (κ3) is 4.45. The summed E-state index contributed by atoms with van der Waals surface area (Å²) in [4.78, 5) is 19.4. The molecule has 1 fully saturated rings. The van der Waals surface area contributed by atoms with Crippen LogP contribution >= 0.6 is 33.9 Å². The van der Waals surface area contributed by atoms with E-state index in [-0.39, 0.29) is 6.54 Å². The van der Waals surface area contributed by atoms with Gasteiger partial charge in [-0.05, 0) is 35.6 Å². The predicted molar refractivity (Wildman–Crippen MR) is 78.8 cm³/mol. The summed E-state index contributed by atoms with van der Waals surface area (Å²) in [5.74, 6) is -0.738. The lowest BCUT2D eigenvalue weighted by Gasteiger charge is -2.19. The van der Waals surface area contributed by atoms with Gasteiger partial charge in [-0.15, -0.1) is 11.3 Å². The van der Waals surface area contributed by atoms with Crippen LogP contribution in [0.2, 0.25) is 0 Å². The van der Waals surface area contributed by atoms with Gasteiger partial charge in [0.2, 0.25) is 0 Å². The first-order valence-corrected chi connectivity index (χ1v) is 7.80. The zero-order valence-electron chi connectivity index (χ0n) is 10.0. The summed E-state index contributed by atoms with van der Waals surface area (Å²) in [6.45, 7) is 4.68. The number of halogens is 1. The van der Waals surface area contributed by atoms with Crippen molar-refractivity contribution in [3.05, 3.63) is 14.1 Å². The molecule has 5 nitrogen and oxygen atoms in total. The average Bonchev–Trinajstić information content (AvgIpc) is 2.57. The summed E-state index contributed by atoms with van der Waals surface area (Å²) in [7, 11) is 0. The van der Waals surface area contributed by atoms with E-state index in [1.165, 1.54) is 2.88 Å². The normalized spacial score (nSPS) is 18.7. The van der Waals surface area contributed by atoms with Crippen LogP contribution in [0.4, 0.5) is 0 Å². The lowest BCUT2D eigenvalue weighted by Crippen LogP contribution is -2.33. The summed E-state index contributed by atoms with van der Waals surface area (Å²) >= 11 is 4.01. The van der Waals surface area contributed by atoms with Crippen molar-refractivity contribution in [2.75, 3.05) is 32.7 Å². The fraction of sp³-hybridized carbons (Fsp3) is 0.636. The smallest absolute Gasteiger partial charge is 0.317 e. The molecule has 0 unspecified atom stereocenters. The van der Waals surface area contributed by atoms with Crippen molar-refractivity contribution in [2.24, 2.45) is 0 Å². The molecule has 18 heavy (non-hydrogen) atoms. The highest BCUT2D eigenvalue weighted by atomic mass is 127. The summed E-state index contributed by atoms with van der Waals surface area (Å²) in [6.07, 6.45) is 2.92. The number of nitrogens with zero attached hydrogens (tertiary/aromatic N) is 3. The van der Waals surface area contributed by atoms with Gasteiger partial charge in [0.15, 0.2) is 0 Å². The Kier molecular flexibility index (Phi) is 5.34. The zero-order valence-corrected chi connectivity index (χ0v) is 13.0. The van der Waals surface area contributed by atoms with Crippen LogP contribution in [0.3, 0.4) is 0 Å². The third-order valence-corrected chi connectivity index (χ3v) is 4.63. The summed E-state index contributed by atoms with van der Waals surface area (Å²) in [5.41, 5.74) is 0. The van der Waals surface area contributed by atoms with Gasteiger partial charge in [0, 0.05) is 19.6 Å². The van der Waals surface area contributed by atoms with Crippen LogP contribution in [0.25, 0.3) is 0 Å². The number of rotatable bonds is 4. The van der Waals surface area contributed by atoms with Crippen LogP contribution in [0, 0.1) is 2.88 Å². The average molecular weight is 381 g/mol. The van der Waals surface area contributed by atoms with Crippen LogP contribution in [0.15, 0.2) is 6.20 Å². The number of carboxylic acid groups (broad SMARTS) is 1. The van der Waals surface area contributed by atoms with Gasteiger partial charge >= 0.3 is 5.97 Å². The number of hydrogen-bond acceptors (Lipinski definition) is 5. The predicted octanol–water partition coefficient (Wildman–Crippen LogP) is 1.34. The zero-order chi connectivity index (χ0) is 13.0. The molecule has 1 aliphatic rings. The molecule has 0 aromatic carbocycles. The first-order chi connectivity index (χ1) is 8.63. The summed E-state index contributed by atoms with van der Waals surface area (Å²) < 4.78 is 1.21. The molecule has 100 valence electrons. The maximum atomic E-state index is 10.7. The minimum absolute atomic E-state index is 0.156. The Labute approximate surface area is 124 Å². The second-order valence-corrected chi connectivity index (χ2v) is 7.37. The van der Waals surface area contributed by atoms with Crippen molar-refractivity contribution in [1.29, 1.82) is 0 Å². The van der Waals surface area contributed by atoms with Crippen molar-refractivity contribution in [3.8, 4) is 0 Å². The van der Waals surface area contributed by atoms with Gasteiger partial charge < -0.3 is 5.11 Å². The highest BCUT2D eigenvalue weighted by Crippen LogP contribution is 2.17. The number of carbonyl (C=O) groups is 1. The van der Waals surface area contributed by atoms with Gasteiger partial charge in [-0.1, -0.05) is 0 Å². The number of thiazole rings is 1. The second kappa shape index (κ2) is 6.78. The molecule has 1 aliphatic heterocycles. The fourth-order valence-corrected chi connectivity index (χ4v) is 3.67. The molecule has 7 heteroatoms. The molecule has 0 radical (unpaired) electrons. The Morgan fingerprint density at radius 3 is 2.78 bits per heavy atom. The largest absolute Gasteiger partial charge is 0.480 e. The van der Waals surface area contributed by atoms with E-state index in [0.717, 1.165) is 44.2 Å². The minimum Gasteiger partial charge on any atom is -0.480 e. The summed E-state index contributed by atoms with van der Waals surface area (Å²) in [5, 5.41) is 9.94. The van der Waals surface area contributed by atoms with Crippen molar-refractivity contribution in [1.82, 2.24) is 14.8 Å². The SMILES string of the molecule is O=C(O)CN1CCCN(Cc2ncc(I)s2)CC1. The lowest BCUT2D eigenvalue weighted by molar-refractivity contribution is -0.138. The van der Waals surface area contributed by atoms with E-state index in [0.29, 0.717) is 0 Å². The molecule has 0 spiro atoms. The standard InChI is InChI=1S/C11H16IN3O2S/c12-9-6-13-10(18-9)7-14-2-1-3-15(5-4-14)8-11(16)17/h6H,1-5,7-8H2,(H,16,17). The molecule has 0 amide bonds. The molecule has 1 aromatic heterocycles. The van der Waals surface area contributed by atoms with Crippen LogP contribution < -0.4 is 0 Å². The summed E-state index contributed by atoms with van der Waals surface area (Å²) in [6, 6.07) is 0. The maximum absolute atomic E-state index is 10.7. The Hall–Kier alpha value is -0.250. The molecule has 0 aliphatic carbocycles. The highest BCUT2D eigenvalue weighted by Gasteiger charge is 2.17. The van der Waals surface area contributed by atoms with Gasteiger partial charge in [-0.3, -0.25) is 14.6 Å². The molecule has 2 rings (SSSR count). The molecule has 0 saturated carbocycles. The van der Waals surface area contributed by atoms with E-state index in [1.807, 2.05) is 11.1 Å². The first kappa shape index (κ1) is 14.2. The van der Waals surface area contributed by atoms with E-state index >= 15 is 0 Å². The molecule has 0 atom stereocenters. The van der Waals surface area contributed by atoms with E-state index in [2.05, 4.69) is 32.5 Å². The van der Waals surface area contributed by atoms with Crippen molar-refractivity contribution in [3.63, 3.8) is 0 Å². The minimum atomic E-state index is -0.738. The fourth-order valence-electron chi connectivity index (χ4n) is 2.08. The van der Waals surface area contributed by atoms with E-state index < -0.39 is 5.97 Å². The second-order valence-electron chi connectivity index (χ2n) is 4.36. The molecule has 1 N–H and O–H groups in total. The molecule has 0 bridgehead atoms. The number of hydrogen-bond donors (Lipinski definition) is 1. The van der Waals surface area contributed by atoms with Gasteiger partial charge in [-0.25, -0.2) is 4.98 Å². The Morgan fingerprint density at radius 2 is 2.11 bits per heavy atom. The Morgan fingerprint density at radius 1 is 1.39 bits per heavy atom. The van der Waals surface area contributed by atoms with Gasteiger partial charge in [0.05, 0.1) is 22.2 Å².